The first-order chi connectivity index (χ1) is 6.74. The third-order valence-corrected chi connectivity index (χ3v) is 1.92. The lowest BCUT2D eigenvalue weighted by Crippen LogP contribution is -2.40. The number of carbonyl (C=O) groups excluding carboxylic acids is 1. The summed E-state index contributed by atoms with van der Waals surface area (Å²) in [5, 5.41) is 2.71. The molecule has 0 bridgehead atoms. The molecule has 0 spiro atoms. The third kappa shape index (κ3) is 3.18. The Bertz CT molecular complexity index is 270. The molecule has 0 saturated heterocycles. The number of nitrogens with one attached hydrogen (secondary N) is 2. The number of hydrogen-bond acceptors (Lipinski definition) is 3. The number of hydrogen-bond donors (Lipinski definition) is 3. The van der Waals surface area contributed by atoms with Crippen molar-refractivity contribution in [1.29, 1.82) is 0 Å². The van der Waals surface area contributed by atoms with Crippen molar-refractivity contribution in [3.63, 3.8) is 0 Å². The summed E-state index contributed by atoms with van der Waals surface area (Å²) in [6.45, 7) is 2.41. The number of nitrogens with zero attached hydrogens (tertiary/aromatic N) is 1. The van der Waals surface area contributed by atoms with Crippen molar-refractivity contribution in [1.82, 2.24) is 15.3 Å². The van der Waals surface area contributed by atoms with Crippen LogP contribution in [0.2, 0.25) is 0 Å². The van der Waals surface area contributed by atoms with Crippen LogP contribution in [0.1, 0.15) is 25.6 Å². The summed E-state index contributed by atoms with van der Waals surface area (Å²) in [6, 6.07) is -0.407. The summed E-state index contributed by atoms with van der Waals surface area (Å²) < 4.78 is 0. The van der Waals surface area contributed by atoms with Crippen molar-refractivity contribution >= 4 is 5.91 Å². The Hall–Kier alpha value is -1.36. The molecule has 1 heterocycles. The van der Waals surface area contributed by atoms with Gasteiger partial charge in [-0.3, -0.25) is 4.79 Å². The van der Waals surface area contributed by atoms with Crippen molar-refractivity contribution < 1.29 is 4.79 Å². The molecule has 78 valence electrons. The van der Waals surface area contributed by atoms with Crippen LogP contribution in [-0.4, -0.2) is 21.9 Å². The number of aromatic amines is 1. The van der Waals surface area contributed by atoms with Crippen molar-refractivity contribution in [3.8, 4) is 0 Å². The molecule has 1 rings (SSSR count). The van der Waals surface area contributed by atoms with Gasteiger partial charge in [-0.2, -0.15) is 0 Å². The molecule has 0 radical (unpaired) electrons. The van der Waals surface area contributed by atoms with Gasteiger partial charge in [0.05, 0.1) is 12.6 Å². The molecule has 1 atom stereocenters. The molecule has 0 aliphatic heterocycles. The molecule has 0 aliphatic carbocycles. The second-order valence-electron chi connectivity index (χ2n) is 3.15. The maximum absolute atomic E-state index is 11.4. The number of nitrogens with two attached hydrogens (primary N) is 1. The summed E-state index contributed by atoms with van der Waals surface area (Å²) >= 11 is 0. The summed E-state index contributed by atoms with van der Waals surface area (Å²) in [5.41, 5.74) is 5.62. The van der Waals surface area contributed by atoms with Gasteiger partial charge in [0.15, 0.2) is 0 Å². The van der Waals surface area contributed by atoms with E-state index in [0.29, 0.717) is 13.0 Å². The molecule has 14 heavy (non-hydrogen) atoms. The lowest BCUT2D eigenvalue weighted by atomic mass is 10.2. The topological polar surface area (TPSA) is 83.8 Å². The van der Waals surface area contributed by atoms with Crippen LogP contribution in [0.25, 0.3) is 0 Å². The molecular formula is C9H16N4O. The molecule has 0 fully saturated rings. The number of amides is 1. The Morgan fingerprint density at radius 1 is 1.79 bits per heavy atom. The minimum absolute atomic E-state index is 0.122. The highest BCUT2D eigenvalue weighted by atomic mass is 16.2. The third-order valence-electron chi connectivity index (χ3n) is 1.92. The van der Waals surface area contributed by atoms with Gasteiger partial charge in [0.25, 0.3) is 0 Å². The maximum Gasteiger partial charge on any atom is 0.237 e. The molecular weight excluding hydrogens is 180 g/mol. The summed E-state index contributed by atoms with van der Waals surface area (Å²) in [6.07, 6.45) is 4.99. The van der Waals surface area contributed by atoms with Crippen LogP contribution in [0.3, 0.4) is 0 Å². The predicted molar refractivity (Wildman–Crippen MR) is 53.3 cm³/mol. The zero-order valence-electron chi connectivity index (χ0n) is 8.29. The molecule has 4 N–H and O–H groups in total. The molecule has 1 aromatic rings. The molecule has 0 saturated carbocycles. The molecule has 0 unspecified atom stereocenters. The molecule has 0 aliphatic rings. The molecule has 0 aromatic carbocycles. The van der Waals surface area contributed by atoms with Crippen LogP contribution >= 0.6 is 0 Å². The SMILES string of the molecule is CCC[C@H](N)C(=O)NCc1ncc[nH]1. The van der Waals surface area contributed by atoms with Gasteiger partial charge < -0.3 is 16.0 Å². The van der Waals surface area contributed by atoms with Crippen LogP contribution in [0.4, 0.5) is 0 Å². The minimum Gasteiger partial charge on any atom is -0.348 e. The molecule has 1 aromatic heterocycles. The predicted octanol–water partition coefficient (Wildman–Crippen LogP) is 0.153. The highest BCUT2D eigenvalue weighted by Crippen LogP contribution is 1.94. The normalized spacial score (nSPS) is 12.4. The van der Waals surface area contributed by atoms with Crippen LogP contribution in [0, 0.1) is 0 Å². The fourth-order valence-corrected chi connectivity index (χ4v) is 1.14. The smallest absolute Gasteiger partial charge is 0.237 e. The van der Waals surface area contributed by atoms with E-state index >= 15 is 0 Å². The average molecular weight is 196 g/mol. The second-order valence-corrected chi connectivity index (χ2v) is 3.15. The van der Waals surface area contributed by atoms with Crippen LogP contribution in [-0.2, 0) is 11.3 Å². The lowest BCUT2D eigenvalue weighted by molar-refractivity contribution is -0.122. The number of carbonyl (C=O) groups is 1. The van der Waals surface area contributed by atoms with E-state index in [-0.39, 0.29) is 5.91 Å². The minimum atomic E-state index is -0.407. The standard InChI is InChI=1S/C9H16N4O/c1-2-3-7(10)9(14)13-6-8-11-4-5-12-8/h4-5,7H,2-3,6,10H2,1H3,(H,11,12)(H,13,14)/t7-/m0/s1. The fraction of sp³-hybridized carbons (Fsp3) is 0.556. The van der Waals surface area contributed by atoms with E-state index in [1.54, 1.807) is 12.4 Å². The lowest BCUT2D eigenvalue weighted by Gasteiger charge is -2.09. The maximum atomic E-state index is 11.4. The van der Waals surface area contributed by atoms with E-state index < -0.39 is 6.04 Å². The van der Waals surface area contributed by atoms with Crippen molar-refractivity contribution in [2.45, 2.75) is 32.4 Å². The van der Waals surface area contributed by atoms with Gasteiger partial charge in [-0.1, -0.05) is 13.3 Å². The fourth-order valence-electron chi connectivity index (χ4n) is 1.14. The van der Waals surface area contributed by atoms with Crippen LogP contribution in [0.15, 0.2) is 12.4 Å². The molecule has 5 nitrogen and oxygen atoms in total. The number of aromatic nitrogens is 2. The number of H-pyrrole nitrogens is 1. The van der Waals surface area contributed by atoms with Gasteiger partial charge in [-0.15, -0.1) is 0 Å². The molecule has 5 heteroatoms. The Balaban J connectivity index is 2.27. The largest absolute Gasteiger partial charge is 0.348 e. The summed E-state index contributed by atoms with van der Waals surface area (Å²) in [7, 11) is 0. The summed E-state index contributed by atoms with van der Waals surface area (Å²) in [5.74, 6) is 0.616. The average Bonchev–Trinajstić information content (AvgIpc) is 2.67. The highest BCUT2D eigenvalue weighted by Gasteiger charge is 2.11. The van der Waals surface area contributed by atoms with Crippen molar-refractivity contribution in [2.75, 3.05) is 0 Å². The monoisotopic (exact) mass is 196 g/mol. The van der Waals surface area contributed by atoms with E-state index in [1.165, 1.54) is 0 Å². The van der Waals surface area contributed by atoms with Gasteiger partial charge in [-0.25, -0.2) is 4.98 Å². The van der Waals surface area contributed by atoms with E-state index in [2.05, 4.69) is 15.3 Å². The van der Waals surface area contributed by atoms with Gasteiger partial charge in [-0.05, 0) is 6.42 Å². The Morgan fingerprint density at radius 3 is 3.14 bits per heavy atom. The first-order valence-electron chi connectivity index (χ1n) is 4.75. The van der Waals surface area contributed by atoms with Crippen LogP contribution < -0.4 is 11.1 Å². The Kier molecular flexibility index (Phi) is 4.12. The Morgan fingerprint density at radius 2 is 2.57 bits per heavy atom. The second kappa shape index (κ2) is 5.39. The van der Waals surface area contributed by atoms with E-state index in [0.717, 1.165) is 12.2 Å². The van der Waals surface area contributed by atoms with E-state index in [1.807, 2.05) is 6.92 Å². The van der Waals surface area contributed by atoms with Gasteiger partial charge in [0.1, 0.15) is 5.82 Å². The first kappa shape index (κ1) is 10.7. The van der Waals surface area contributed by atoms with Gasteiger partial charge >= 0.3 is 0 Å². The van der Waals surface area contributed by atoms with Crippen molar-refractivity contribution in [3.05, 3.63) is 18.2 Å². The zero-order chi connectivity index (χ0) is 10.4. The van der Waals surface area contributed by atoms with E-state index in [4.69, 9.17) is 5.73 Å². The van der Waals surface area contributed by atoms with Crippen LogP contribution in [0.5, 0.6) is 0 Å². The summed E-state index contributed by atoms with van der Waals surface area (Å²) in [4.78, 5) is 18.2. The van der Waals surface area contributed by atoms with E-state index in [9.17, 15) is 4.79 Å². The Labute approximate surface area is 83.1 Å². The van der Waals surface area contributed by atoms with Gasteiger partial charge in [0, 0.05) is 12.4 Å². The first-order valence-corrected chi connectivity index (χ1v) is 4.75. The molecule has 1 amide bonds. The van der Waals surface area contributed by atoms with Crippen molar-refractivity contribution in [2.24, 2.45) is 5.73 Å². The quantitative estimate of drug-likeness (QED) is 0.627. The number of rotatable bonds is 5. The highest BCUT2D eigenvalue weighted by molar-refractivity contribution is 5.81. The van der Waals surface area contributed by atoms with Gasteiger partial charge in [0.2, 0.25) is 5.91 Å². The number of imidazole rings is 1. The zero-order valence-corrected chi connectivity index (χ0v) is 8.29.